The Labute approximate surface area is 150 Å². The van der Waals surface area contributed by atoms with Crippen molar-refractivity contribution in [2.75, 3.05) is 13.7 Å². The number of hydrogen-bond acceptors (Lipinski definition) is 3. The first-order chi connectivity index (χ1) is 10.1. The van der Waals surface area contributed by atoms with Crippen LogP contribution in [0.3, 0.4) is 0 Å². The van der Waals surface area contributed by atoms with Gasteiger partial charge in [0, 0.05) is 31.0 Å². The van der Waals surface area contributed by atoms with Crippen LogP contribution in [0.1, 0.15) is 39.5 Å². The van der Waals surface area contributed by atoms with Crippen molar-refractivity contribution in [2.45, 2.75) is 69.9 Å². The third kappa shape index (κ3) is 2.55. The van der Waals surface area contributed by atoms with Crippen molar-refractivity contribution < 1.29 is 9.47 Å². The molecule has 126 valence electrons. The molecule has 2 bridgehead atoms. The van der Waals surface area contributed by atoms with Crippen LogP contribution >= 0.6 is 24.0 Å². The molecule has 4 fully saturated rings. The molecule has 3 heterocycles. The topological polar surface area (TPSA) is 54.9 Å². The van der Waals surface area contributed by atoms with Crippen molar-refractivity contribution >= 4 is 29.9 Å². The molecule has 6 unspecified atom stereocenters. The Kier molecular flexibility index (Phi) is 4.64. The average molecular weight is 421 g/mol. The number of ether oxygens (including phenoxy) is 2. The summed E-state index contributed by atoms with van der Waals surface area (Å²) < 4.78 is 11.8. The van der Waals surface area contributed by atoms with Gasteiger partial charge < -0.3 is 20.1 Å². The SMILES string of the molecule is CN=C(NC1CC2CCC1O2)NC1C2CCOC2C1(C)C.I. The Morgan fingerprint density at radius 2 is 2.00 bits per heavy atom. The summed E-state index contributed by atoms with van der Waals surface area (Å²) in [6, 6.07) is 0.879. The molecular formula is C16H28IN3O2. The van der Waals surface area contributed by atoms with E-state index in [1.54, 1.807) is 0 Å². The lowest BCUT2D eigenvalue weighted by Gasteiger charge is -2.55. The minimum absolute atomic E-state index is 0. The summed E-state index contributed by atoms with van der Waals surface area (Å²) in [6.45, 7) is 5.50. The van der Waals surface area contributed by atoms with Crippen LogP contribution in [0, 0.1) is 11.3 Å². The first-order valence-corrected chi connectivity index (χ1v) is 8.36. The second-order valence-corrected chi connectivity index (χ2v) is 7.62. The zero-order valence-corrected chi connectivity index (χ0v) is 16.0. The molecule has 0 amide bonds. The number of nitrogens with one attached hydrogen (secondary N) is 2. The Bertz CT molecular complexity index is 457. The molecule has 1 aliphatic carbocycles. The molecule has 0 spiro atoms. The fourth-order valence-corrected chi connectivity index (χ4v) is 4.90. The van der Waals surface area contributed by atoms with E-state index in [9.17, 15) is 0 Å². The van der Waals surface area contributed by atoms with Gasteiger partial charge in [-0.3, -0.25) is 4.99 Å². The van der Waals surface area contributed by atoms with Crippen LogP contribution in [0.25, 0.3) is 0 Å². The highest BCUT2D eigenvalue weighted by Gasteiger charge is 2.59. The second-order valence-electron chi connectivity index (χ2n) is 7.62. The molecule has 3 aliphatic heterocycles. The average Bonchev–Trinajstić information content (AvgIpc) is 3.17. The van der Waals surface area contributed by atoms with E-state index in [1.807, 2.05) is 7.05 Å². The second kappa shape index (κ2) is 6.09. The molecule has 22 heavy (non-hydrogen) atoms. The molecule has 3 saturated heterocycles. The van der Waals surface area contributed by atoms with Gasteiger partial charge >= 0.3 is 0 Å². The molecule has 0 aromatic rings. The Balaban J connectivity index is 0.00000144. The summed E-state index contributed by atoms with van der Waals surface area (Å²) in [5, 5.41) is 7.24. The molecule has 0 radical (unpaired) electrons. The monoisotopic (exact) mass is 421 g/mol. The van der Waals surface area contributed by atoms with Gasteiger partial charge in [0.2, 0.25) is 0 Å². The zero-order valence-electron chi connectivity index (χ0n) is 13.7. The van der Waals surface area contributed by atoms with Crippen molar-refractivity contribution in [3.63, 3.8) is 0 Å². The van der Waals surface area contributed by atoms with Gasteiger partial charge in [0.25, 0.3) is 0 Å². The Morgan fingerprint density at radius 1 is 1.18 bits per heavy atom. The fourth-order valence-electron chi connectivity index (χ4n) is 4.90. The molecule has 4 aliphatic rings. The lowest BCUT2D eigenvalue weighted by Crippen LogP contribution is -2.68. The summed E-state index contributed by atoms with van der Waals surface area (Å²) in [5.41, 5.74) is 0.184. The predicted molar refractivity (Wildman–Crippen MR) is 96.8 cm³/mol. The third-order valence-corrected chi connectivity index (χ3v) is 6.04. The first-order valence-electron chi connectivity index (χ1n) is 8.36. The highest BCUT2D eigenvalue weighted by molar-refractivity contribution is 14.0. The van der Waals surface area contributed by atoms with E-state index in [0.717, 1.165) is 19.0 Å². The first kappa shape index (κ1) is 16.8. The minimum Gasteiger partial charge on any atom is -0.377 e. The van der Waals surface area contributed by atoms with E-state index in [-0.39, 0.29) is 29.4 Å². The summed E-state index contributed by atoms with van der Waals surface area (Å²) in [4.78, 5) is 4.43. The van der Waals surface area contributed by atoms with Crippen molar-refractivity contribution in [2.24, 2.45) is 16.3 Å². The molecule has 6 heteroatoms. The van der Waals surface area contributed by atoms with E-state index in [4.69, 9.17) is 9.47 Å². The molecule has 2 N–H and O–H groups in total. The summed E-state index contributed by atoms with van der Waals surface area (Å²) in [5.74, 6) is 1.56. The molecule has 6 atom stereocenters. The van der Waals surface area contributed by atoms with Gasteiger partial charge in [0.15, 0.2) is 5.96 Å². The quantitative estimate of drug-likeness (QED) is 0.407. The van der Waals surface area contributed by atoms with Gasteiger partial charge in [-0.15, -0.1) is 24.0 Å². The van der Waals surface area contributed by atoms with E-state index < -0.39 is 0 Å². The zero-order chi connectivity index (χ0) is 14.6. The maximum atomic E-state index is 5.92. The van der Waals surface area contributed by atoms with E-state index in [0.29, 0.717) is 36.3 Å². The number of rotatable bonds is 2. The largest absolute Gasteiger partial charge is 0.377 e. The van der Waals surface area contributed by atoms with Gasteiger partial charge in [0.05, 0.1) is 24.4 Å². The number of guanidine groups is 1. The maximum Gasteiger partial charge on any atom is 0.191 e. The van der Waals surface area contributed by atoms with Crippen LogP contribution in [0.4, 0.5) is 0 Å². The third-order valence-electron chi connectivity index (χ3n) is 6.04. The highest BCUT2D eigenvalue weighted by atomic mass is 127. The number of nitrogens with zero attached hydrogens (tertiary/aromatic N) is 1. The smallest absolute Gasteiger partial charge is 0.191 e. The van der Waals surface area contributed by atoms with E-state index in [2.05, 4.69) is 29.5 Å². The fraction of sp³-hybridized carbons (Fsp3) is 0.938. The highest BCUT2D eigenvalue weighted by Crippen LogP contribution is 2.52. The molecule has 1 saturated carbocycles. The number of halogens is 1. The van der Waals surface area contributed by atoms with Crippen LogP contribution < -0.4 is 10.6 Å². The number of fused-ring (bicyclic) bond motifs is 3. The van der Waals surface area contributed by atoms with Gasteiger partial charge in [0.1, 0.15) is 0 Å². The molecular weight excluding hydrogens is 393 g/mol. The van der Waals surface area contributed by atoms with Crippen LogP contribution in [-0.4, -0.2) is 50.0 Å². The molecule has 0 aromatic carbocycles. The lowest BCUT2D eigenvalue weighted by atomic mass is 9.57. The van der Waals surface area contributed by atoms with Crippen LogP contribution in [0.5, 0.6) is 0 Å². The number of aliphatic imine (C=N–C) groups is 1. The predicted octanol–water partition coefficient (Wildman–Crippen LogP) is 1.90. The van der Waals surface area contributed by atoms with E-state index in [1.165, 1.54) is 19.3 Å². The molecule has 5 nitrogen and oxygen atoms in total. The number of hydrogen-bond donors (Lipinski definition) is 2. The van der Waals surface area contributed by atoms with Crippen molar-refractivity contribution in [3.05, 3.63) is 0 Å². The van der Waals surface area contributed by atoms with Crippen LogP contribution in [-0.2, 0) is 9.47 Å². The summed E-state index contributed by atoms with van der Waals surface area (Å²) in [6.07, 6.45) is 5.97. The standard InChI is InChI=1S/C16H27N3O2.HI/c1-16(2)13(10-6-7-20-14(10)16)19-15(17-3)18-11-8-9-4-5-12(11)21-9;/h9-14H,4-8H2,1-3H3,(H2,17,18,19);1H. The normalized spacial score (nSPS) is 45.0. The van der Waals surface area contributed by atoms with Crippen molar-refractivity contribution in [1.82, 2.24) is 10.6 Å². The lowest BCUT2D eigenvalue weighted by molar-refractivity contribution is -0.106. The maximum absolute atomic E-state index is 5.92. The molecule has 4 rings (SSSR count). The molecule has 0 aromatic heterocycles. The summed E-state index contributed by atoms with van der Waals surface area (Å²) in [7, 11) is 1.86. The van der Waals surface area contributed by atoms with Gasteiger partial charge in [-0.25, -0.2) is 0 Å². The van der Waals surface area contributed by atoms with Gasteiger partial charge in [-0.05, 0) is 25.7 Å². The Morgan fingerprint density at radius 3 is 2.64 bits per heavy atom. The summed E-state index contributed by atoms with van der Waals surface area (Å²) >= 11 is 0. The van der Waals surface area contributed by atoms with Gasteiger partial charge in [-0.1, -0.05) is 13.8 Å². The van der Waals surface area contributed by atoms with Crippen molar-refractivity contribution in [1.29, 1.82) is 0 Å². The Hall–Kier alpha value is -0.0800. The van der Waals surface area contributed by atoms with Crippen LogP contribution in [0.2, 0.25) is 0 Å². The van der Waals surface area contributed by atoms with Crippen molar-refractivity contribution in [3.8, 4) is 0 Å². The van der Waals surface area contributed by atoms with Crippen LogP contribution in [0.15, 0.2) is 4.99 Å². The van der Waals surface area contributed by atoms with E-state index >= 15 is 0 Å². The minimum atomic E-state index is 0. The van der Waals surface area contributed by atoms with Gasteiger partial charge in [-0.2, -0.15) is 0 Å².